The van der Waals surface area contributed by atoms with E-state index in [2.05, 4.69) is 20.9 Å². The molecule has 126 valence electrons. The third-order valence-corrected chi connectivity index (χ3v) is 5.07. The molecule has 1 fully saturated rings. The number of rotatable bonds is 3. The minimum atomic E-state index is -1.50. The molecule has 0 bridgehead atoms. The van der Waals surface area contributed by atoms with Crippen molar-refractivity contribution in [3.63, 3.8) is 0 Å². The van der Waals surface area contributed by atoms with Gasteiger partial charge in [0.1, 0.15) is 30.2 Å². The lowest BCUT2D eigenvalue weighted by atomic mass is 9.99. The fourth-order valence-corrected chi connectivity index (χ4v) is 3.10. The summed E-state index contributed by atoms with van der Waals surface area (Å²) in [6.45, 7) is -0.523. The Balaban J connectivity index is 1.91. The van der Waals surface area contributed by atoms with Crippen LogP contribution in [-0.4, -0.2) is 62.7 Å². The van der Waals surface area contributed by atoms with E-state index in [4.69, 9.17) is 21.1 Å². The van der Waals surface area contributed by atoms with Crippen molar-refractivity contribution in [3.8, 4) is 5.75 Å². The van der Waals surface area contributed by atoms with E-state index in [9.17, 15) is 20.4 Å². The van der Waals surface area contributed by atoms with Crippen LogP contribution >= 0.6 is 27.5 Å². The van der Waals surface area contributed by atoms with E-state index in [-0.39, 0.29) is 0 Å². The van der Waals surface area contributed by atoms with Gasteiger partial charge in [-0.25, -0.2) is 0 Å². The minimum Gasteiger partial charge on any atom is -0.460 e. The number of fused-ring (bicyclic) bond motifs is 1. The number of hydrogen-bond donors (Lipinski definition) is 5. The molecule has 1 aliphatic heterocycles. The second-order valence-electron chi connectivity index (χ2n) is 5.25. The van der Waals surface area contributed by atoms with Crippen molar-refractivity contribution < 1.29 is 29.9 Å². The highest BCUT2D eigenvalue weighted by Crippen LogP contribution is 2.38. The SMILES string of the molecule is OC[C@@H]1O[C@H](Oc2c[nH]c3ccc(Br)c(Cl)c23)[C@@H](O)[C@H](O)[C@H]1O. The van der Waals surface area contributed by atoms with Gasteiger partial charge in [-0.15, -0.1) is 0 Å². The van der Waals surface area contributed by atoms with Gasteiger partial charge in [-0.05, 0) is 28.1 Å². The summed E-state index contributed by atoms with van der Waals surface area (Å²) in [6, 6.07) is 3.57. The predicted octanol–water partition coefficient (Wildman–Crippen LogP) is 0.762. The van der Waals surface area contributed by atoms with Gasteiger partial charge < -0.3 is 34.9 Å². The van der Waals surface area contributed by atoms with E-state index in [0.29, 0.717) is 20.6 Å². The Morgan fingerprint density at radius 3 is 2.65 bits per heavy atom. The maximum absolute atomic E-state index is 10.0. The van der Waals surface area contributed by atoms with Gasteiger partial charge in [-0.3, -0.25) is 0 Å². The summed E-state index contributed by atoms with van der Waals surface area (Å²) in [6.07, 6.45) is -5.17. The first-order valence-corrected chi connectivity index (χ1v) is 8.03. The molecule has 5 atom stereocenters. The molecule has 0 amide bonds. The number of halogens is 2. The van der Waals surface area contributed by atoms with Crippen molar-refractivity contribution in [2.24, 2.45) is 0 Å². The smallest absolute Gasteiger partial charge is 0.229 e. The van der Waals surface area contributed by atoms with E-state index in [1.807, 2.05) is 0 Å². The Hall–Kier alpha value is -0.870. The van der Waals surface area contributed by atoms with Crippen LogP contribution in [0.2, 0.25) is 5.02 Å². The summed E-state index contributed by atoms with van der Waals surface area (Å²) >= 11 is 9.58. The lowest BCUT2D eigenvalue weighted by Crippen LogP contribution is -2.60. The Morgan fingerprint density at radius 1 is 1.22 bits per heavy atom. The summed E-state index contributed by atoms with van der Waals surface area (Å²) in [5, 5.41) is 39.8. The number of benzene rings is 1. The average molecular weight is 409 g/mol. The molecule has 1 aromatic heterocycles. The number of aliphatic hydroxyl groups is 4. The van der Waals surface area contributed by atoms with Crippen molar-refractivity contribution in [3.05, 3.63) is 27.8 Å². The highest BCUT2D eigenvalue weighted by atomic mass is 79.9. The lowest BCUT2D eigenvalue weighted by Gasteiger charge is -2.39. The van der Waals surface area contributed by atoms with E-state index < -0.39 is 37.3 Å². The molecule has 1 saturated heterocycles. The molecular formula is C14H15BrClNO6. The zero-order chi connectivity index (χ0) is 16.7. The Bertz CT molecular complexity index is 708. The van der Waals surface area contributed by atoms with Crippen LogP contribution in [0, 0.1) is 0 Å². The van der Waals surface area contributed by atoms with Crippen LogP contribution in [-0.2, 0) is 4.74 Å². The molecule has 23 heavy (non-hydrogen) atoms. The van der Waals surface area contributed by atoms with Gasteiger partial charge in [0, 0.05) is 10.7 Å². The van der Waals surface area contributed by atoms with Gasteiger partial charge in [0.2, 0.25) is 6.29 Å². The minimum absolute atomic E-state index is 0.315. The predicted molar refractivity (Wildman–Crippen MR) is 85.4 cm³/mol. The van der Waals surface area contributed by atoms with Crippen LogP contribution in [0.3, 0.4) is 0 Å². The Labute approximate surface area is 144 Å². The van der Waals surface area contributed by atoms with Gasteiger partial charge in [-0.1, -0.05) is 11.6 Å². The normalized spacial score (nSPS) is 31.5. The molecule has 1 aromatic carbocycles. The zero-order valence-corrected chi connectivity index (χ0v) is 14.0. The molecular weight excluding hydrogens is 394 g/mol. The molecule has 0 unspecified atom stereocenters. The van der Waals surface area contributed by atoms with Crippen LogP contribution in [0.1, 0.15) is 0 Å². The first-order valence-electron chi connectivity index (χ1n) is 6.86. The van der Waals surface area contributed by atoms with Gasteiger partial charge >= 0.3 is 0 Å². The van der Waals surface area contributed by atoms with Crippen molar-refractivity contribution >= 4 is 38.4 Å². The maximum Gasteiger partial charge on any atom is 0.229 e. The van der Waals surface area contributed by atoms with Crippen molar-refractivity contribution in [1.29, 1.82) is 0 Å². The van der Waals surface area contributed by atoms with Crippen molar-refractivity contribution in [2.45, 2.75) is 30.7 Å². The lowest BCUT2D eigenvalue weighted by molar-refractivity contribution is -0.277. The van der Waals surface area contributed by atoms with Gasteiger partial charge in [0.15, 0.2) is 0 Å². The maximum atomic E-state index is 10.0. The Kier molecular flexibility index (Phi) is 4.84. The number of aliphatic hydroxyl groups excluding tert-OH is 4. The number of aromatic amines is 1. The summed E-state index contributed by atoms with van der Waals surface area (Å²) in [5.41, 5.74) is 0.720. The molecule has 5 N–H and O–H groups in total. The van der Waals surface area contributed by atoms with Gasteiger partial charge in [0.25, 0.3) is 0 Å². The van der Waals surface area contributed by atoms with Crippen LogP contribution in [0.5, 0.6) is 5.75 Å². The first kappa shape index (κ1) is 17.0. The number of aromatic nitrogens is 1. The Morgan fingerprint density at radius 2 is 1.96 bits per heavy atom. The van der Waals surface area contributed by atoms with Gasteiger partial charge in [-0.2, -0.15) is 0 Å². The second-order valence-corrected chi connectivity index (χ2v) is 6.48. The van der Waals surface area contributed by atoms with Crippen LogP contribution in [0.4, 0.5) is 0 Å². The molecule has 1 aliphatic rings. The summed E-state index contributed by atoms with van der Waals surface area (Å²) < 4.78 is 11.6. The number of nitrogens with one attached hydrogen (secondary N) is 1. The quantitative estimate of drug-likeness (QED) is 0.512. The summed E-state index contributed by atoms with van der Waals surface area (Å²) in [5.74, 6) is 0.315. The van der Waals surface area contributed by atoms with Gasteiger partial charge in [0.05, 0.1) is 22.5 Å². The zero-order valence-electron chi connectivity index (χ0n) is 11.7. The molecule has 0 spiro atoms. The molecule has 9 heteroatoms. The van der Waals surface area contributed by atoms with Crippen LogP contribution < -0.4 is 4.74 Å². The summed E-state index contributed by atoms with van der Waals surface area (Å²) in [4.78, 5) is 2.98. The molecule has 2 heterocycles. The van der Waals surface area contributed by atoms with Crippen molar-refractivity contribution in [1.82, 2.24) is 4.98 Å². The molecule has 7 nitrogen and oxygen atoms in total. The van der Waals surface area contributed by atoms with E-state index in [1.54, 1.807) is 18.3 Å². The fourth-order valence-electron chi connectivity index (χ4n) is 2.51. The largest absolute Gasteiger partial charge is 0.460 e. The standard InChI is InChI=1S/C14H15BrClNO6/c15-5-1-2-6-9(10(5)16)7(3-17-6)22-14-13(21)12(20)11(19)8(4-18)23-14/h1-3,8,11-14,17-21H,4H2/t8-,11-,12+,13-,14-/m0/s1. The molecule has 0 radical (unpaired) electrons. The molecule has 0 aliphatic carbocycles. The van der Waals surface area contributed by atoms with Crippen LogP contribution in [0.15, 0.2) is 22.8 Å². The number of hydrogen-bond acceptors (Lipinski definition) is 6. The molecule has 2 aromatic rings. The topological polar surface area (TPSA) is 115 Å². The highest BCUT2D eigenvalue weighted by molar-refractivity contribution is 9.10. The van der Waals surface area contributed by atoms with E-state index in [1.165, 1.54) is 0 Å². The average Bonchev–Trinajstić information content (AvgIpc) is 2.95. The third-order valence-electron chi connectivity index (χ3n) is 3.79. The number of H-pyrrole nitrogens is 1. The van der Waals surface area contributed by atoms with Crippen molar-refractivity contribution in [2.75, 3.05) is 6.61 Å². The van der Waals surface area contributed by atoms with Crippen LogP contribution in [0.25, 0.3) is 10.9 Å². The highest BCUT2D eigenvalue weighted by Gasteiger charge is 2.44. The second kappa shape index (κ2) is 6.56. The monoisotopic (exact) mass is 407 g/mol. The summed E-state index contributed by atoms with van der Waals surface area (Å²) in [7, 11) is 0. The van der Waals surface area contributed by atoms with E-state index >= 15 is 0 Å². The first-order chi connectivity index (χ1) is 10.9. The van der Waals surface area contributed by atoms with E-state index in [0.717, 1.165) is 5.52 Å². The molecule has 0 saturated carbocycles. The number of ether oxygens (including phenoxy) is 2. The molecule has 3 rings (SSSR count). The third kappa shape index (κ3) is 2.96. The fraction of sp³-hybridized carbons (Fsp3) is 0.429.